The normalized spacial score (nSPS) is 10.6. The number of amides is 1. The minimum Gasteiger partial charge on any atom is -0.478 e. The molecule has 1 aromatic heterocycles. The zero-order valence-corrected chi connectivity index (χ0v) is 17.1. The molecule has 10 nitrogen and oxygen atoms in total. The first-order valence-electron chi connectivity index (χ1n) is 9.55. The van der Waals surface area contributed by atoms with Crippen LogP contribution in [0.5, 0.6) is 11.5 Å². The Bertz CT molecular complexity index is 1400. The lowest BCUT2D eigenvalue weighted by atomic mass is 10.1. The molecule has 0 unspecified atom stereocenters. The topological polar surface area (TPSA) is 120 Å². The van der Waals surface area contributed by atoms with Crippen molar-refractivity contribution in [3.8, 4) is 17.2 Å². The Balaban J connectivity index is 1.70. The number of nitrogens with zero attached hydrogens (tertiary/aromatic N) is 5. The van der Waals surface area contributed by atoms with Crippen LogP contribution < -0.4 is 15.3 Å². The Morgan fingerprint density at radius 2 is 1.67 bits per heavy atom. The fraction of sp³-hybridized carbons (Fsp3) is 0.0455. The van der Waals surface area contributed by atoms with E-state index in [0.717, 1.165) is 17.0 Å². The van der Waals surface area contributed by atoms with Crippen molar-refractivity contribution in [2.45, 2.75) is 0 Å². The van der Waals surface area contributed by atoms with Crippen LogP contribution in [-0.2, 0) is 0 Å². The first-order valence-corrected chi connectivity index (χ1v) is 9.55. The third kappa shape index (κ3) is 4.06. The average molecular weight is 449 g/mol. The van der Waals surface area contributed by atoms with Crippen LogP contribution in [-0.4, -0.2) is 43.9 Å². The number of carbonyl (C=O) groups excluding carboxylic acids is 1. The Morgan fingerprint density at radius 1 is 0.970 bits per heavy atom. The van der Waals surface area contributed by atoms with Crippen LogP contribution in [0.4, 0.5) is 14.9 Å². The second-order valence-electron chi connectivity index (χ2n) is 6.75. The summed E-state index contributed by atoms with van der Waals surface area (Å²) in [6.45, 7) is 0. The number of hydrogen-bond acceptors (Lipinski definition) is 6. The summed E-state index contributed by atoms with van der Waals surface area (Å²) in [7, 11) is 1.40. The number of carbonyl (C=O) groups is 2. The summed E-state index contributed by atoms with van der Waals surface area (Å²) in [5.41, 5.74) is -1.94. The molecule has 11 heteroatoms. The van der Waals surface area contributed by atoms with Crippen LogP contribution in [0.15, 0.2) is 77.6 Å². The van der Waals surface area contributed by atoms with E-state index in [1.807, 2.05) is 6.07 Å². The van der Waals surface area contributed by atoms with Crippen molar-refractivity contribution >= 4 is 17.7 Å². The van der Waals surface area contributed by atoms with Gasteiger partial charge in [-0.2, -0.15) is 4.68 Å². The van der Waals surface area contributed by atoms with Crippen molar-refractivity contribution in [3.05, 3.63) is 94.7 Å². The smallest absolute Gasteiger partial charge is 0.377 e. The van der Waals surface area contributed by atoms with E-state index in [-0.39, 0.29) is 0 Å². The Hall–Kier alpha value is -4.80. The fourth-order valence-corrected chi connectivity index (χ4v) is 3.09. The van der Waals surface area contributed by atoms with Crippen LogP contribution in [0.3, 0.4) is 0 Å². The number of carboxylic acid groups (broad SMARTS) is 1. The van der Waals surface area contributed by atoms with Gasteiger partial charge in [0, 0.05) is 7.05 Å². The number of aromatic carboxylic acids is 1. The molecule has 0 aliphatic heterocycles. The fourth-order valence-electron chi connectivity index (χ4n) is 3.09. The molecule has 0 atom stereocenters. The van der Waals surface area contributed by atoms with Crippen LogP contribution in [0, 0.1) is 5.82 Å². The van der Waals surface area contributed by atoms with Crippen LogP contribution in [0.1, 0.15) is 10.4 Å². The van der Waals surface area contributed by atoms with Crippen LogP contribution in [0.25, 0.3) is 5.69 Å². The van der Waals surface area contributed by atoms with E-state index < -0.39 is 34.8 Å². The van der Waals surface area contributed by atoms with Crippen LogP contribution >= 0.6 is 0 Å². The molecule has 0 saturated carbocycles. The molecular weight excluding hydrogens is 433 g/mol. The van der Waals surface area contributed by atoms with Gasteiger partial charge in [0.2, 0.25) is 0 Å². The molecule has 0 fully saturated rings. The molecule has 4 rings (SSSR count). The predicted octanol–water partition coefficient (Wildman–Crippen LogP) is 3.16. The first kappa shape index (κ1) is 21.4. The van der Waals surface area contributed by atoms with Crippen molar-refractivity contribution in [1.82, 2.24) is 19.8 Å². The maximum atomic E-state index is 14.4. The van der Waals surface area contributed by atoms with Gasteiger partial charge in [0.05, 0.1) is 11.3 Å². The summed E-state index contributed by atoms with van der Waals surface area (Å²) in [5.74, 6) is -1.61. The molecule has 33 heavy (non-hydrogen) atoms. The predicted molar refractivity (Wildman–Crippen MR) is 115 cm³/mol. The van der Waals surface area contributed by atoms with Crippen molar-refractivity contribution in [2.24, 2.45) is 0 Å². The largest absolute Gasteiger partial charge is 0.478 e. The molecule has 1 heterocycles. The monoisotopic (exact) mass is 449 g/mol. The summed E-state index contributed by atoms with van der Waals surface area (Å²) in [4.78, 5) is 38.4. The average Bonchev–Trinajstić information content (AvgIpc) is 3.19. The van der Waals surface area contributed by atoms with Gasteiger partial charge < -0.3 is 9.84 Å². The number of ether oxygens (including phenoxy) is 1. The van der Waals surface area contributed by atoms with Gasteiger partial charge in [-0.3, -0.25) is 4.90 Å². The third-order valence-corrected chi connectivity index (χ3v) is 4.68. The maximum Gasteiger partial charge on any atom is 0.377 e. The lowest BCUT2D eigenvalue weighted by molar-refractivity contribution is 0.0696. The Labute approximate surface area is 185 Å². The molecule has 1 amide bonds. The van der Waals surface area contributed by atoms with E-state index in [0.29, 0.717) is 26.6 Å². The molecule has 4 aromatic rings. The molecule has 0 spiro atoms. The van der Waals surface area contributed by atoms with Crippen LogP contribution in [0.2, 0.25) is 0 Å². The van der Waals surface area contributed by atoms with E-state index in [9.17, 15) is 23.9 Å². The quantitative estimate of drug-likeness (QED) is 0.465. The van der Waals surface area contributed by atoms with Gasteiger partial charge in [-0.1, -0.05) is 36.4 Å². The Kier molecular flexibility index (Phi) is 5.68. The second-order valence-corrected chi connectivity index (χ2v) is 6.75. The number of benzene rings is 3. The number of anilines is 1. The molecule has 1 N–H and O–H groups in total. The highest BCUT2D eigenvalue weighted by molar-refractivity contribution is 5.94. The number of carboxylic acids is 1. The number of halogens is 1. The van der Waals surface area contributed by atoms with Gasteiger partial charge in [0.25, 0.3) is 0 Å². The molecule has 3 aromatic carbocycles. The maximum absolute atomic E-state index is 14.4. The SMILES string of the molecule is CN(C(=O)n1nnn(-c2c(F)cccc2C(=O)O)c1=O)c1ccccc1Oc1ccccc1. The molecule has 0 bridgehead atoms. The summed E-state index contributed by atoms with van der Waals surface area (Å²) in [5, 5.41) is 16.4. The summed E-state index contributed by atoms with van der Waals surface area (Å²) < 4.78 is 21.0. The van der Waals surface area contributed by atoms with E-state index in [1.165, 1.54) is 13.1 Å². The third-order valence-electron chi connectivity index (χ3n) is 4.68. The highest BCUT2D eigenvalue weighted by Crippen LogP contribution is 2.31. The number of para-hydroxylation sites is 4. The summed E-state index contributed by atoms with van der Waals surface area (Å²) in [6.07, 6.45) is 0. The lowest BCUT2D eigenvalue weighted by Gasteiger charge is -2.19. The van der Waals surface area contributed by atoms with Gasteiger partial charge in [-0.05, 0) is 46.8 Å². The minimum absolute atomic E-state index is 0.324. The standard InChI is InChI=1S/C22H16FN5O5/c1-26(17-12-5-6-13-18(17)33-14-8-3-2-4-9-14)21(31)28-22(32)27(24-25-28)19-15(20(29)30)10-7-11-16(19)23/h2-13H,1H3,(H,29,30). The van der Waals surface area contributed by atoms with Gasteiger partial charge in [0.1, 0.15) is 17.3 Å². The van der Waals surface area contributed by atoms with Gasteiger partial charge in [-0.25, -0.2) is 18.8 Å². The molecular formula is C22H16FN5O5. The van der Waals surface area contributed by atoms with Gasteiger partial charge >= 0.3 is 17.7 Å². The number of aromatic nitrogens is 4. The molecule has 0 radical (unpaired) electrons. The molecule has 166 valence electrons. The van der Waals surface area contributed by atoms with E-state index >= 15 is 0 Å². The van der Waals surface area contributed by atoms with Gasteiger partial charge in [0.15, 0.2) is 5.75 Å². The van der Waals surface area contributed by atoms with Crippen molar-refractivity contribution in [1.29, 1.82) is 0 Å². The first-order chi connectivity index (χ1) is 15.9. The number of rotatable bonds is 5. The lowest BCUT2D eigenvalue weighted by Crippen LogP contribution is -2.39. The van der Waals surface area contributed by atoms with E-state index in [1.54, 1.807) is 48.5 Å². The van der Waals surface area contributed by atoms with Crippen molar-refractivity contribution in [2.75, 3.05) is 11.9 Å². The Morgan fingerprint density at radius 3 is 2.39 bits per heavy atom. The zero-order chi connectivity index (χ0) is 23.5. The van der Waals surface area contributed by atoms with E-state index in [4.69, 9.17) is 4.74 Å². The van der Waals surface area contributed by atoms with E-state index in [2.05, 4.69) is 10.4 Å². The summed E-state index contributed by atoms with van der Waals surface area (Å²) >= 11 is 0. The molecule has 0 aliphatic carbocycles. The van der Waals surface area contributed by atoms with Gasteiger partial charge in [-0.15, -0.1) is 4.68 Å². The second kappa shape index (κ2) is 8.75. The molecule has 0 saturated heterocycles. The number of tetrazole rings is 1. The minimum atomic E-state index is -1.47. The van der Waals surface area contributed by atoms with Crippen molar-refractivity contribution in [3.63, 3.8) is 0 Å². The molecule has 0 aliphatic rings. The number of hydrogen-bond donors (Lipinski definition) is 1. The summed E-state index contributed by atoms with van der Waals surface area (Å²) in [6, 6.07) is 17.9. The highest BCUT2D eigenvalue weighted by Gasteiger charge is 2.25. The van der Waals surface area contributed by atoms with Crippen molar-refractivity contribution < 1.29 is 23.8 Å². The highest BCUT2D eigenvalue weighted by atomic mass is 19.1. The zero-order valence-electron chi connectivity index (χ0n) is 17.1.